The first-order chi connectivity index (χ1) is 24.4. The number of nitrogens with two attached hydrogens (primary N) is 2. The van der Waals surface area contributed by atoms with Gasteiger partial charge in [0.2, 0.25) is 0 Å². The zero-order chi connectivity index (χ0) is 34.6. The van der Waals surface area contributed by atoms with Crippen LogP contribution in [0.2, 0.25) is 0 Å². The average Bonchev–Trinajstić information content (AvgIpc) is 3.79. The van der Waals surface area contributed by atoms with Crippen molar-refractivity contribution in [1.82, 2.24) is 19.1 Å². The Labute approximate surface area is 292 Å². The first kappa shape index (κ1) is 32.5. The van der Waals surface area contributed by atoms with E-state index < -0.39 is 0 Å². The minimum Gasteiger partial charge on any atom is -0.496 e. The number of methoxy groups -OCH3 is 1. The largest absolute Gasteiger partial charge is 0.496 e. The van der Waals surface area contributed by atoms with E-state index in [0.717, 1.165) is 61.4 Å². The molecule has 8 aromatic rings. The van der Waals surface area contributed by atoms with Gasteiger partial charge in [-0.3, -0.25) is 9.13 Å². The second kappa shape index (κ2) is 14.2. The molecule has 0 fully saturated rings. The van der Waals surface area contributed by atoms with Crippen molar-refractivity contribution < 1.29 is 4.74 Å². The SMILES string of the molecule is COc1ccccc1-c1cccc(-n2cnc3cc([C@H](C)N)ccc32)c1.C[C@H](N)c1ccc2c(c1)ncn2-c1cccc(-c2ccccc2)c1. The summed E-state index contributed by atoms with van der Waals surface area (Å²) in [6.45, 7) is 3.97. The van der Waals surface area contributed by atoms with Crippen LogP contribution < -0.4 is 16.2 Å². The van der Waals surface area contributed by atoms with Crippen LogP contribution in [-0.2, 0) is 0 Å². The van der Waals surface area contributed by atoms with E-state index in [1.807, 2.05) is 50.8 Å². The van der Waals surface area contributed by atoms with Crippen molar-refractivity contribution in [2.75, 3.05) is 7.11 Å². The van der Waals surface area contributed by atoms with E-state index >= 15 is 0 Å². The van der Waals surface area contributed by atoms with Crippen LogP contribution in [0.5, 0.6) is 5.75 Å². The molecule has 7 heteroatoms. The first-order valence-electron chi connectivity index (χ1n) is 16.7. The molecule has 0 aliphatic heterocycles. The first-order valence-corrected chi connectivity index (χ1v) is 16.7. The zero-order valence-electron chi connectivity index (χ0n) is 28.4. The van der Waals surface area contributed by atoms with Crippen LogP contribution in [-0.4, -0.2) is 26.2 Å². The Kier molecular flexibility index (Phi) is 9.25. The highest BCUT2D eigenvalue weighted by Crippen LogP contribution is 2.32. The maximum absolute atomic E-state index is 5.99. The highest BCUT2D eigenvalue weighted by molar-refractivity contribution is 5.80. The molecule has 0 spiro atoms. The number of fused-ring (bicyclic) bond motifs is 2. The number of benzene rings is 6. The molecule has 50 heavy (non-hydrogen) atoms. The third kappa shape index (κ3) is 6.65. The van der Waals surface area contributed by atoms with E-state index in [1.54, 1.807) is 7.11 Å². The maximum Gasteiger partial charge on any atom is 0.126 e. The molecule has 0 saturated heterocycles. The van der Waals surface area contributed by atoms with Gasteiger partial charge in [0.05, 0.1) is 29.2 Å². The number of hydrogen-bond acceptors (Lipinski definition) is 5. The molecular formula is C43H40N6O. The van der Waals surface area contributed by atoms with E-state index in [0.29, 0.717) is 0 Å². The molecular weight excluding hydrogens is 617 g/mol. The van der Waals surface area contributed by atoms with Crippen LogP contribution in [0.4, 0.5) is 0 Å². The molecule has 0 radical (unpaired) electrons. The number of aromatic nitrogens is 4. The van der Waals surface area contributed by atoms with E-state index in [-0.39, 0.29) is 12.1 Å². The van der Waals surface area contributed by atoms with Gasteiger partial charge in [-0.05, 0) is 96.3 Å². The molecule has 248 valence electrons. The normalized spacial score (nSPS) is 12.3. The van der Waals surface area contributed by atoms with Gasteiger partial charge in [-0.2, -0.15) is 0 Å². The van der Waals surface area contributed by atoms with Crippen LogP contribution >= 0.6 is 0 Å². The van der Waals surface area contributed by atoms with E-state index in [1.165, 1.54) is 11.1 Å². The highest BCUT2D eigenvalue weighted by Gasteiger charge is 2.11. The quantitative estimate of drug-likeness (QED) is 0.178. The molecule has 0 bridgehead atoms. The molecule has 0 unspecified atom stereocenters. The van der Waals surface area contributed by atoms with Gasteiger partial charge in [0, 0.05) is 29.0 Å². The molecule has 7 nitrogen and oxygen atoms in total. The Morgan fingerprint density at radius 3 is 1.58 bits per heavy atom. The lowest BCUT2D eigenvalue weighted by Gasteiger charge is -2.11. The molecule has 2 heterocycles. The minimum atomic E-state index is -0.00146. The monoisotopic (exact) mass is 656 g/mol. The Morgan fingerprint density at radius 1 is 0.520 bits per heavy atom. The third-order valence-corrected chi connectivity index (χ3v) is 8.97. The second-order valence-electron chi connectivity index (χ2n) is 12.5. The maximum atomic E-state index is 5.99. The Balaban J connectivity index is 0.000000157. The molecule has 0 aliphatic rings. The number of nitrogens with zero attached hydrogens (tertiary/aromatic N) is 4. The molecule has 4 N–H and O–H groups in total. The molecule has 2 aromatic heterocycles. The number of ether oxygens (including phenoxy) is 1. The average molecular weight is 657 g/mol. The van der Waals surface area contributed by atoms with Crippen molar-refractivity contribution in [2.45, 2.75) is 25.9 Å². The van der Waals surface area contributed by atoms with E-state index in [2.05, 4.69) is 134 Å². The van der Waals surface area contributed by atoms with Crippen molar-refractivity contribution in [1.29, 1.82) is 0 Å². The molecule has 0 saturated carbocycles. The molecule has 6 aromatic carbocycles. The van der Waals surface area contributed by atoms with Gasteiger partial charge in [0.1, 0.15) is 18.4 Å². The summed E-state index contributed by atoms with van der Waals surface area (Å²) < 4.78 is 9.72. The van der Waals surface area contributed by atoms with Crippen LogP contribution in [0.15, 0.2) is 152 Å². The molecule has 8 rings (SSSR count). The molecule has 2 atom stereocenters. The zero-order valence-corrected chi connectivity index (χ0v) is 28.4. The molecule has 0 aliphatic carbocycles. The summed E-state index contributed by atoms with van der Waals surface area (Å²) in [5.74, 6) is 0.863. The van der Waals surface area contributed by atoms with Gasteiger partial charge in [-0.25, -0.2) is 9.97 Å². The van der Waals surface area contributed by atoms with Crippen molar-refractivity contribution in [3.05, 3.63) is 163 Å². The van der Waals surface area contributed by atoms with Crippen LogP contribution in [0.3, 0.4) is 0 Å². The van der Waals surface area contributed by atoms with Gasteiger partial charge in [-0.1, -0.05) is 84.9 Å². The van der Waals surface area contributed by atoms with Gasteiger partial charge < -0.3 is 16.2 Å². The number of imidazole rings is 2. The number of rotatable bonds is 7. The van der Waals surface area contributed by atoms with Crippen LogP contribution in [0, 0.1) is 0 Å². The lowest BCUT2D eigenvalue weighted by atomic mass is 10.0. The third-order valence-electron chi connectivity index (χ3n) is 8.97. The van der Waals surface area contributed by atoms with Crippen molar-refractivity contribution in [3.63, 3.8) is 0 Å². The van der Waals surface area contributed by atoms with E-state index in [4.69, 9.17) is 16.2 Å². The number of para-hydroxylation sites is 1. The van der Waals surface area contributed by atoms with E-state index in [9.17, 15) is 0 Å². The van der Waals surface area contributed by atoms with Crippen molar-refractivity contribution >= 4 is 22.1 Å². The Hall–Kier alpha value is -6.02. The summed E-state index contributed by atoms with van der Waals surface area (Å²) in [6, 6.07) is 47.8. The van der Waals surface area contributed by atoms with Crippen molar-refractivity contribution in [2.24, 2.45) is 11.5 Å². The molecule has 0 amide bonds. The summed E-state index contributed by atoms with van der Waals surface area (Å²) in [4.78, 5) is 9.10. The van der Waals surface area contributed by atoms with Crippen LogP contribution in [0.25, 0.3) is 55.7 Å². The highest BCUT2D eigenvalue weighted by atomic mass is 16.5. The summed E-state index contributed by atoms with van der Waals surface area (Å²) in [5.41, 5.74) is 25.0. The fourth-order valence-corrected chi connectivity index (χ4v) is 6.21. The number of hydrogen-bond donors (Lipinski definition) is 2. The van der Waals surface area contributed by atoms with Gasteiger partial charge in [0.15, 0.2) is 0 Å². The van der Waals surface area contributed by atoms with Gasteiger partial charge >= 0.3 is 0 Å². The minimum absolute atomic E-state index is 0.00146. The lowest BCUT2D eigenvalue weighted by Crippen LogP contribution is -2.04. The smallest absolute Gasteiger partial charge is 0.126 e. The summed E-state index contributed by atoms with van der Waals surface area (Å²) in [7, 11) is 1.70. The van der Waals surface area contributed by atoms with Crippen molar-refractivity contribution in [3.8, 4) is 39.4 Å². The van der Waals surface area contributed by atoms with Gasteiger partial charge in [0.25, 0.3) is 0 Å². The lowest BCUT2D eigenvalue weighted by molar-refractivity contribution is 0.416. The predicted octanol–water partition coefficient (Wildman–Crippen LogP) is 9.43. The fraction of sp³-hybridized carbons (Fsp3) is 0.116. The van der Waals surface area contributed by atoms with Gasteiger partial charge in [-0.15, -0.1) is 0 Å². The van der Waals surface area contributed by atoms with Crippen LogP contribution in [0.1, 0.15) is 37.1 Å². The summed E-state index contributed by atoms with van der Waals surface area (Å²) in [5, 5.41) is 0. The second-order valence-corrected chi connectivity index (χ2v) is 12.5. The predicted molar refractivity (Wildman–Crippen MR) is 205 cm³/mol. The fourth-order valence-electron chi connectivity index (χ4n) is 6.21. The standard InChI is InChI=1S/C22H21N3O.C21H19N3/c1-15(23)16-10-11-21-20(13-16)24-14-25(21)18-7-5-6-17(12-18)19-8-3-4-9-22(19)26-2;1-15(22)17-10-11-21-20(13-17)23-14-24(21)19-9-5-8-18(12-19)16-6-3-2-4-7-16/h3-15H,23H2,1-2H3;2-15H,22H2,1H3/t2*15-/m00/s1. The summed E-state index contributed by atoms with van der Waals surface area (Å²) in [6.07, 6.45) is 3.73. The Bertz CT molecular complexity index is 2390. The topological polar surface area (TPSA) is 96.9 Å². The Morgan fingerprint density at radius 2 is 1.02 bits per heavy atom. The summed E-state index contributed by atoms with van der Waals surface area (Å²) >= 11 is 0.